The maximum absolute atomic E-state index is 9.34. The fraction of sp³-hybridized carbons (Fsp3) is 1.00. The first-order valence-corrected chi connectivity index (χ1v) is 4.90. The van der Waals surface area contributed by atoms with Gasteiger partial charge in [0.25, 0.3) is 0 Å². The van der Waals surface area contributed by atoms with Crippen molar-refractivity contribution in [2.75, 3.05) is 32.9 Å². The summed E-state index contributed by atoms with van der Waals surface area (Å²) in [7, 11) is 0. The van der Waals surface area contributed by atoms with E-state index in [1.807, 2.05) is 0 Å². The second-order valence-corrected chi connectivity index (χ2v) is 3.56. The molecule has 0 aromatic rings. The molecule has 0 heterocycles. The Morgan fingerprint density at radius 2 is 2.23 bits per heavy atom. The number of rotatable bonds is 8. The van der Waals surface area contributed by atoms with Gasteiger partial charge in [-0.25, -0.2) is 0 Å². The highest BCUT2D eigenvalue weighted by Crippen LogP contribution is 2.28. The molecule has 0 radical (unpaired) electrons. The van der Waals surface area contributed by atoms with Crippen molar-refractivity contribution in [1.82, 2.24) is 5.32 Å². The summed E-state index contributed by atoms with van der Waals surface area (Å²) in [6, 6.07) is 0. The van der Waals surface area contributed by atoms with E-state index in [1.165, 1.54) is 12.8 Å². The Balaban J connectivity index is 1.81. The maximum atomic E-state index is 9.34. The lowest BCUT2D eigenvalue weighted by Crippen LogP contribution is -2.32. The molecule has 1 rings (SSSR count). The summed E-state index contributed by atoms with van der Waals surface area (Å²) in [5.41, 5.74) is 0. The average molecular weight is 189 g/mol. The van der Waals surface area contributed by atoms with Gasteiger partial charge in [0.05, 0.1) is 19.3 Å². The number of aliphatic hydroxyl groups excluding tert-OH is 2. The van der Waals surface area contributed by atoms with Crippen LogP contribution in [0.3, 0.4) is 0 Å². The van der Waals surface area contributed by atoms with Crippen molar-refractivity contribution in [3.8, 4) is 0 Å². The van der Waals surface area contributed by atoms with Gasteiger partial charge >= 0.3 is 0 Å². The molecule has 4 heteroatoms. The van der Waals surface area contributed by atoms with Gasteiger partial charge in [-0.3, -0.25) is 0 Å². The lowest BCUT2D eigenvalue weighted by atomic mass is 10.3. The van der Waals surface area contributed by atoms with Crippen molar-refractivity contribution < 1.29 is 14.9 Å². The van der Waals surface area contributed by atoms with Crippen molar-refractivity contribution in [2.45, 2.75) is 18.9 Å². The monoisotopic (exact) mass is 189 g/mol. The van der Waals surface area contributed by atoms with Crippen LogP contribution in [0.1, 0.15) is 12.8 Å². The summed E-state index contributed by atoms with van der Waals surface area (Å²) in [4.78, 5) is 0. The molecule has 0 amide bonds. The van der Waals surface area contributed by atoms with Crippen molar-refractivity contribution in [1.29, 1.82) is 0 Å². The Morgan fingerprint density at radius 1 is 1.46 bits per heavy atom. The fourth-order valence-corrected chi connectivity index (χ4v) is 1.06. The Bertz CT molecular complexity index is 128. The molecule has 3 N–H and O–H groups in total. The van der Waals surface area contributed by atoms with Crippen LogP contribution in [-0.4, -0.2) is 49.2 Å². The number of aliphatic hydroxyl groups is 2. The maximum Gasteiger partial charge on any atom is 0.0897 e. The van der Waals surface area contributed by atoms with E-state index < -0.39 is 6.10 Å². The second kappa shape index (κ2) is 6.32. The molecular formula is C9H19NO3. The Morgan fingerprint density at radius 3 is 2.85 bits per heavy atom. The van der Waals surface area contributed by atoms with E-state index in [-0.39, 0.29) is 6.61 Å². The third-order valence-electron chi connectivity index (χ3n) is 2.03. The van der Waals surface area contributed by atoms with E-state index >= 15 is 0 Å². The van der Waals surface area contributed by atoms with Gasteiger partial charge in [-0.1, -0.05) is 0 Å². The molecule has 0 bridgehead atoms. The van der Waals surface area contributed by atoms with E-state index in [2.05, 4.69) is 5.32 Å². The zero-order valence-electron chi connectivity index (χ0n) is 7.91. The van der Waals surface area contributed by atoms with Crippen LogP contribution in [-0.2, 0) is 4.74 Å². The van der Waals surface area contributed by atoms with E-state index in [4.69, 9.17) is 9.84 Å². The molecule has 1 aliphatic carbocycles. The summed E-state index contributed by atoms with van der Waals surface area (Å²) in [5, 5.41) is 20.7. The van der Waals surface area contributed by atoms with Gasteiger partial charge in [-0.15, -0.1) is 0 Å². The predicted molar refractivity (Wildman–Crippen MR) is 49.5 cm³/mol. The summed E-state index contributed by atoms with van der Waals surface area (Å²) in [6.45, 7) is 2.31. The van der Waals surface area contributed by atoms with E-state index in [0.29, 0.717) is 19.7 Å². The third kappa shape index (κ3) is 5.99. The van der Waals surface area contributed by atoms with Crippen molar-refractivity contribution in [3.05, 3.63) is 0 Å². The van der Waals surface area contributed by atoms with Gasteiger partial charge in [-0.05, 0) is 18.8 Å². The molecule has 0 aliphatic heterocycles. The summed E-state index contributed by atoms with van der Waals surface area (Å²) >= 11 is 0. The molecule has 1 fully saturated rings. The SMILES string of the molecule is OCCNCC(O)COCC1CC1. The summed E-state index contributed by atoms with van der Waals surface area (Å²) in [6.07, 6.45) is 2.10. The quantitative estimate of drug-likeness (QED) is 0.444. The first kappa shape index (κ1) is 10.9. The fourth-order valence-electron chi connectivity index (χ4n) is 1.06. The van der Waals surface area contributed by atoms with Crippen LogP contribution < -0.4 is 5.32 Å². The molecule has 0 aromatic heterocycles. The molecule has 1 unspecified atom stereocenters. The number of nitrogens with one attached hydrogen (secondary N) is 1. The Labute approximate surface area is 78.9 Å². The van der Waals surface area contributed by atoms with Crippen molar-refractivity contribution in [2.24, 2.45) is 5.92 Å². The van der Waals surface area contributed by atoms with Crippen LogP contribution in [0, 0.1) is 5.92 Å². The topological polar surface area (TPSA) is 61.7 Å². The molecule has 0 spiro atoms. The Hall–Kier alpha value is -0.160. The highest BCUT2D eigenvalue weighted by molar-refractivity contribution is 4.72. The van der Waals surface area contributed by atoms with Gasteiger partial charge in [0, 0.05) is 19.7 Å². The van der Waals surface area contributed by atoms with Crippen LogP contribution in [0.15, 0.2) is 0 Å². The first-order chi connectivity index (χ1) is 6.33. The predicted octanol–water partition coefficient (Wildman–Crippen LogP) is -0.644. The van der Waals surface area contributed by atoms with Gasteiger partial charge in [0.1, 0.15) is 0 Å². The molecule has 0 aromatic carbocycles. The molecular weight excluding hydrogens is 170 g/mol. The van der Waals surface area contributed by atoms with Gasteiger partial charge in [0.2, 0.25) is 0 Å². The first-order valence-electron chi connectivity index (χ1n) is 4.90. The standard InChI is InChI=1S/C9H19NO3/c11-4-3-10-5-9(12)7-13-6-8-1-2-8/h8-12H,1-7H2. The van der Waals surface area contributed by atoms with Crippen LogP contribution >= 0.6 is 0 Å². The van der Waals surface area contributed by atoms with E-state index in [0.717, 1.165) is 12.5 Å². The van der Waals surface area contributed by atoms with Crippen LogP contribution in [0.25, 0.3) is 0 Å². The summed E-state index contributed by atoms with van der Waals surface area (Å²) < 4.78 is 5.30. The minimum Gasteiger partial charge on any atom is -0.395 e. The van der Waals surface area contributed by atoms with Crippen molar-refractivity contribution in [3.63, 3.8) is 0 Å². The minimum absolute atomic E-state index is 0.107. The Kier molecular flexibility index (Phi) is 5.31. The number of hydrogen-bond donors (Lipinski definition) is 3. The lowest BCUT2D eigenvalue weighted by molar-refractivity contribution is 0.0322. The second-order valence-electron chi connectivity index (χ2n) is 3.56. The molecule has 13 heavy (non-hydrogen) atoms. The number of ether oxygens (including phenoxy) is 1. The minimum atomic E-state index is -0.453. The average Bonchev–Trinajstić information content (AvgIpc) is 2.89. The van der Waals surface area contributed by atoms with Crippen LogP contribution in [0.5, 0.6) is 0 Å². The molecule has 0 saturated heterocycles. The molecule has 4 nitrogen and oxygen atoms in total. The van der Waals surface area contributed by atoms with E-state index in [9.17, 15) is 5.11 Å². The highest BCUT2D eigenvalue weighted by Gasteiger charge is 2.21. The largest absolute Gasteiger partial charge is 0.395 e. The van der Waals surface area contributed by atoms with Crippen LogP contribution in [0.4, 0.5) is 0 Å². The van der Waals surface area contributed by atoms with Crippen LogP contribution in [0.2, 0.25) is 0 Å². The lowest BCUT2D eigenvalue weighted by Gasteiger charge is -2.11. The zero-order chi connectivity index (χ0) is 9.52. The zero-order valence-corrected chi connectivity index (χ0v) is 7.91. The molecule has 1 atom stereocenters. The number of hydrogen-bond acceptors (Lipinski definition) is 4. The van der Waals surface area contributed by atoms with Gasteiger partial charge in [-0.2, -0.15) is 0 Å². The van der Waals surface area contributed by atoms with Crippen molar-refractivity contribution >= 4 is 0 Å². The smallest absolute Gasteiger partial charge is 0.0897 e. The highest BCUT2D eigenvalue weighted by atomic mass is 16.5. The molecule has 1 saturated carbocycles. The molecule has 1 aliphatic rings. The van der Waals surface area contributed by atoms with E-state index in [1.54, 1.807) is 0 Å². The normalized spacial score (nSPS) is 18.9. The third-order valence-corrected chi connectivity index (χ3v) is 2.03. The van der Waals surface area contributed by atoms with Gasteiger partial charge in [0.15, 0.2) is 0 Å². The molecule has 78 valence electrons. The summed E-state index contributed by atoms with van der Waals surface area (Å²) in [5.74, 6) is 0.748. The van der Waals surface area contributed by atoms with Gasteiger partial charge < -0.3 is 20.3 Å².